The van der Waals surface area contributed by atoms with Gasteiger partial charge >= 0.3 is 0 Å². The van der Waals surface area contributed by atoms with Gasteiger partial charge in [0.1, 0.15) is 5.82 Å². The van der Waals surface area contributed by atoms with Crippen LogP contribution >= 0.6 is 0 Å². The minimum atomic E-state index is -0.581. The number of piperazine rings is 1. The van der Waals surface area contributed by atoms with Crippen molar-refractivity contribution in [1.82, 2.24) is 19.8 Å². The molecule has 1 aliphatic carbocycles. The zero-order valence-corrected chi connectivity index (χ0v) is 19.6. The third kappa shape index (κ3) is 4.80. The number of amides is 2. The number of carbonyl (C=O) groups excluding carboxylic acids is 3. The number of ketones is 1. The molecule has 1 fully saturated rings. The van der Waals surface area contributed by atoms with Gasteiger partial charge < -0.3 is 14.7 Å². The first kappa shape index (κ1) is 23.1. The molecule has 3 aliphatic rings. The highest BCUT2D eigenvalue weighted by molar-refractivity contribution is 6.10. The summed E-state index contributed by atoms with van der Waals surface area (Å²) < 4.78 is 14.7. The number of nitrogens with zero attached hydrogens (tertiary/aromatic N) is 5. The highest BCUT2D eigenvalue weighted by atomic mass is 19.1. The van der Waals surface area contributed by atoms with Gasteiger partial charge in [-0.1, -0.05) is 12.5 Å². The lowest BCUT2D eigenvalue weighted by Gasteiger charge is -2.35. The van der Waals surface area contributed by atoms with Crippen LogP contribution in [0.2, 0.25) is 0 Å². The molecule has 1 aromatic heterocycles. The van der Waals surface area contributed by atoms with Crippen LogP contribution in [-0.4, -0.2) is 63.5 Å². The molecule has 0 saturated carbocycles. The molecule has 0 radical (unpaired) electrons. The molecule has 1 aromatic carbocycles. The number of Topliss-reactive ketones (excluding diaryl/α,β-unsaturated/α-hetero) is 1. The number of allylic oxidation sites excluding steroid dienone is 2. The Morgan fingerprint density at radius 3 is 2.49 bits per heavy atom. The van der Waals surface area contributed by atoms with Gasteiger partial charge in [0.2, 0.25) is 11.9 Å². The fourth-order valence-electron chi connectivity index (χ4n) is 5.09. The van der Waals surface area contributed by atoms with Crippen LogP contribution in [0.25, 0.3) is 0 Å². The Hall–Kier alpha value is -3.62. The smallest absolute Gasteiger partial charge is 0.256 e. The predicted octanol–water partition coefficient (Wildman–Crippen LogP) is 3.10. The number of hydrogen-bond acceptors (Lipinski definition) is 6. The van der Waals surface area contributed by atoms with E-state index in [1.165, 1.54) is 6.07 Å². The average Bonchev–Trinajstić information content (AvgIpc) is 3.14. The number of hydrogen-bond donors (Lipinski definition) is 0. The maximum atomic E-state index is 14.7. The topological polar surface area (TPSA) is 86.7 Å². The third-order valence-electron chi connectivity index (χ3n) is 6.97. The molecular formula is C26H28FN5O3. The number of benzene rings is 1. The van der Waals surface area contributed by atoms with Crippen LogP contribution in [-0.2, 0) is 16.1 Å². The van der Waals surface area contributed by atoms with Gasteiger partial charge in [-0.2, -0.15) is 0 Å². The van der Waals surface area contributed by atoms with Gasteiger partial charge in [0.15, 0.2) is 5.78 Å². The number of rotatable bonds is 4. The van der Waals surface area contributed by atoms with Crippen molar-refractivity contribution in [2.45, 2.75) is 45.1 Å². The zero-order chi connectivity index (χ0) is 24.4. The van der Waals surface area contributed by atoms with E-state index in [-0.39, 0.29) is 36.1 Å². The van der Waals surface area contributed by atoms with Crippen molar-refractivity contribution in [1.29, 1.82) is 0 Å². The van der Waals surface area contributed by atoms with Crippen molar-refractivity contribution in [2.24, 2.45) is 0 Å². The maximum Gasteiger partial charge on any atom is 0.256 e. The first-order valence-electron chi connectivity index (χ1n) is 12.2. The lowest BCUT2D eigenvalue weighted by molar-refractivity contribution is -0.135. The van der Waals surface area contributed by atoms with Crippen molar-refractivity contribution in [2.75, 3.05) is 31.1 Å². The van der Waals surface area contributed by atoms with Crippen LogP contribution in [0.15, 0.2) is 47.9 Å². The van der Waals surface area contributed by atoms with Crippen molar-refractivity contribution < 1.29 is 18.8 Å². The van der Waals surface area contributed by atoms with Crippen LogP contribution in [0.4, 0.5) is 10.3 Å². The van der Waals surface area contributed by atoms with Crippen molar-refractivity contribution in [3.63, 3.8) is 0 Å². The summed E-state index contributed by atoms with van der Waals surface area (Å²) in [5, 5.41) is 0. The first-order chi connectivity index (χ1) is 17.0. The fraction of sp³-hybridized carbons (Fsp3) is 0.423. The van der Waals surface area contributed by atoms with Gasteiger partial charge in [0.05, 0.1) is 18.5 Å². The van der Waals surface area contributed by atoms with Gasteiger partial charge in [0.25, 0.3) is 5.91 Å². The molecule has 0 spiro atoms. The Morgan fingerprint density at radius 2 is 1.71 bits per heavy atom. The summed E-state index contributed by atoms with van der Waals surface area (Å²) in [4.78, 5) is 52.2. The van der Waals surface area contributed by atoms with E-state index in [2.05, 4.69) is 9.97 Å². The summed E-state index contributed by atoms with van der Waals surface area (Å²) in [5.41, 5.74) is 2.24. The molecule has 0 N–H and O–H groups in total. The third-order valence-corrected chi connectivity index (χ3v) is 6.97. The summed E-state index contributed by atoms with van der Waals surface area (Å²) in [5.74, 6) is -0.635. The van der Waals surface area contributed by atoms with Crippen LogP contribution < -0.4 is 4.90 Å². The Morgan fingerprint density at radius 1 is 0.971 bits per heavy atom. The summed E-state index contributed by atoms with van der Waals surface area (Å²) in [6, 6.07) is 6.20. The van der Waals surface area contributed by atoms with E-state index in [1.807, 2.05) is 4.90 Å². The second kappa shape index (κ2) is 9.93. The minimum Gasteiger partial charge on any atom is -0.337 e. The highest BCUT2D eigenvalue weighted by Gasteiger charge is 2.33. The van der Waals surface area contributed by atoms with E-state index in [1.54, 1.807) is 40.4 Å². The van der Waals surface area contributed by atoms with E-state index in [9.17, 15) is 18.8 Å². The van der Waals surface area contributed by atoms with Gasteiger partial charge in [-0.25, -0.2) is 14.4 Å². The molecule has 0 bridgehead atoms. The standard InChI is InChI=1S/C26H28FN5O3/c27-21-8-7-18(17-32-22-6-3-1-2-5-19(22)23(33)16-24(32)34)15-20(21)25(35)30-11-13-31(14-12-30)26-28-9-4-10-29-26/h4,7-10,15H,1-3,5-6,11-14,16-17H2. The Bertz CT molecular complexity index is 1170. The zero-order valence-electron chi connectivity index (χ0n) is 19.6. The fourth-order valence-corrected chi connectivity index (χ4v) is 5.09. The number of carbonyl (C=O) groups is 3. The Labute approximate surface area is 203 Å². The molecule has 9 heteroatoms. The molecular weight excluding hydrogens is 449 g/mol. The van der Waals surface area contributed by atoms with Gasteiger partial charge in [0, 0.05) is 49.8 Å². The van der Waals surface area contributed by atoms with E-state index in [4.69, 9.17) is 0 Å². The van der Waals surface area contributed by atoms with E-state index in [0.717, 1.165) is 30.5 Å². The molecule has 182 valence electrons. The number of halogens is 1. The lowest BCUT2D eigenvalue weighted by atomic mass is 9.95. The van der Waals surface area contributed by atoms with Crippen LogP contribution in [0.1, 0.15) is 54.4 Å². The minimum absolute atomic E-state index is 0.00233. The molecule has 0 unspecified atom stereocenters. The van der Waals surface area contributed by atoms with E-state index in [0.29, 0.717) is 50.5 Å². The molecule has 5 rings (SSSR count). The number of aromatic nitrogens is 2. The summed E-state index contributed by atoms with van der Waals surface area (Å²) in [6.45, 7) is 2.21. The Balaban J connectivity index is 1.32. The van der Waals surface area contributed by atoms with Crippen molar-refractivity contribution >= 4 is 23.5 Å². The molecule has 2 amide bonds. The molecule has 1 saturated heterocycles. The SMILES string of the molecule is O=C1CC(=O)N(Cc2ccc(F)c(C(=O)N3CCN(c4ncccn4)CC3)c2)C2=C1CCCCC2. The van der Waals surface area contributed by atoms with Crippen molar-refractivity contribution in [3.8, 4) is 0 Å². The van der Waals surface area contributed by atoms with Crippen LogP contribution in [0, 0.1) is 5.82 Å². The average molecular weight is 478 g/mol. The quantitative estimate of drug-likeness (QED) is 0.629. The largest absolute Gasteiger partial charge is 0.337 e. The lowest BCUT2D eigenvalue weighted by Crippen LogP contribution is -2.49. The summed E-state index contributed by atoms with van der Waals surface area (Å²) >= 11 is 0. The van der Waals surface area contributed by atoms with Crippen molar-refractivity contribution in [3.05, 3.63) is 64.9 Å². The molecule has 8 nitrogen and oxygen atoms in total. The first-order valence-corrected chi connectivity index (χ1v) is 12.2. The monoisotopic (exact) mass is 477 g/mol. The molecule has 3 heterocycles. The molecule has 2 aliphatic heterocycles. The maximum absolute atomic E-state index is 14.7. The van der Waals surface area contributed by atoms with Gasteiger partial charge in [-0.15, -0.1) is 0 Å². The van der Waals surface area contributed by atoms with E-state index < -0.39 is 5.82 Å². The molecule has 0 atom stereocenters. The summed E-state index contributed by atoms with van der Waals surface area (Å²) in [6.07, 6.45) is 7.53. The Kier molecular flexibility index (Phi) is 6.57. The highest BCUT2D eigenvalue weighted by Crippen LogP contribution is 2.33. The summed E-state index contributed by atoms with van der Waals surface area (Å²) in [7, 11) is 0. The second-order valence-electron chi connectivity index (χ2n) is 9.21. The van der Waals surface area contributed by atoms with Gasteiger partial charge in [-0.3, -0.25) is 14.4 Å². The normalized spacial score (nSPS) is 19.1. The predicted molar refractivity (Wildman–Crippen MR) is 127 cm³/mol. The van der Waals surface area contributed by atoms with Crippen LogP contribution in [0.5, 0.6) is 0 Å². The second-order valence-corrected chi connectivity index (χ2v) is 9.21. The van der Waals surface area contributed by atoms with Crippen LogP contribution in [0.3, 0.4) is 0 Å². The number of anilines is 1. The molecule has 2 aromatic rings. The molecule has 35 heavy (non-hydrogen) atoms. The van der Waals surface area contributed by atoms with Gasteiger partial charge in [-0.05, 0) is 49.4 Å². The van der Waals surface area contributed by atoms with E-state index >= 15 is 0 Å².